The Morgan fingerprint density at radius 3 is 2.57 bits per heavy atom. The summed E-state index contributed by atoms with van der Waals surface area (Å²) in [5.74, 6) is 0.834. The molecule has 0 fully saturated rings. The summed E-state index contributed by atoms with van der Waals surface area (Å²) in [6.45, 7) is 0.696. The smallest absolute Gasteiger partial charge is 0.123 e. The van der Waals surface area contributed by atoms with E-state index < -0.39 is 0 Å². The van der Waals surface area contributed by atoms with Crippen LogP contribution in [0, 0.1) is 5.82 Å². The average molecular weight is 322 g/mol. The summed E-state index contributed by atoms with van der Waals surface area (Å²) in [7, 11) is 0. The molecule has 0 atom stereocenters. The van der Waals surface area contributed by atoms with E-state index in [0.717, 1.165) is 28.8 Å². The zero-order chi connectivity index (χ0) is 15.6. The Balaban J connectivity index is 1.77. The van der Waals surface area contributed by atoms with Crippen LogP contribution in [0.15, 0.2) is 66.0 Å². The highest BCUT2D eigenvalue weighted by atomic mass is 32.1. The molecule has 0 radical (unpaired) electrons. The van der Waals surface area contributed by atoms with E-state index >= 15 is 0 Å². The van der Waals surface area contributed by atoms with Crippen LogP contribution >= 0.6 is 11.3 Å². The van der Waals surface area contributed by atoms with Gasteiger partial charge < -0.3 is 4.57 Å². The average Bonchev–Trinajstić information content (AvgIpc) is 3.19. The molecule has 0 bridgehead atoms. The van der Waals surface area contributed by atoms with Crippen molar-refractivity contribution < 1.29 is 4.39 Å². The second kappa shape index (κ2) is 5.97. The van der Waals surface area contributed by atoms with Crippen LogP contribution in [0.25, 0.3) is 11.0 Å². The minimum absolute atomic E-state index is 0.206. The molecule has 0 unspecified atom stereocenters. The Morgan fingerprint density at radius 1 is 0.957 bits per heavy atom. The third-order valence-corrected chi connectivity index (χ3v) is 4.78. The SMILES string of the molecule is Fc1ccc(Cn2c(Cc3cccs3)nc3ccccc32)cc1. The van der Waals surface area contributed by atoms with Crippen LogP contribution in [0.3, 0.4) is 0 Å². The van der Waals surface area contributed by atoms with Crippen LogP contribution in [-0.4, -0.2) is 9.55 Å². The standard InChI is InChI=1S/C19H15FN2S/c20-15-9-7-14(8-10-15)13-22-18-6-2-1-5-17(18)21-19(22)12-16-4-3-11-23-16/h1-11H,12-13H2. The zero-order valence-corrected chi connectivity index (χ0v) is 13.3. The molecule has 0 saturated heterocycles. The predicted octanol–water partition coefficient (Wildman–Crippen LogP) is 4.88. The molecule has 114 valence electrons. The van der Waals surface area contributed by atoms with E-state index in [4.69, 9.17) is 4.98 Å². The Kier molecular flexibility index (Phi) is 3.67. The van der Waals surface area contributed by atoms with E-state index in [0.29, 0.717) is 6.54 Å². The lowest BCUT2D eigenvalue weighted by Gasteiger charge is -2.09. The first kappa shape index (κ1) is 14.2. The van der Waals surface area contributed by atoms with E-state index in [-0.39, 0.29) is 5.82 Å². The highest BCUT2D eigenvalue weighted by Gasteiger charge is 2.12. The van der Waals surface area contributed by atoms with Crippen molar-refractivity contribution in [2.75, 3.05) is 0 Å². The van der Waals surface area contributed by atoms with Crippen molar-refractivity contribution in [1.82, 2.24) is 9.55 Å². The van der Waals surface area contributed by atoms with Gasteiger partial charge in [0.05, 0.1) is 11.0 Å². The first-order valence-corrected chi connectivity index (χ1v) is 8.38. The van der Waals surface area contributed by atoms with Gasteiger partial charge in [-0.15, -0.1) is 11.3 Å². The third kappa shape index (κ3) is 2.90. The fraction of sp³-hybridized carbons (Fsp3) is 0.105. The van der Waals surface area contributed by atoms with Gasteiger partial charge in [0.25, 0.3) is 0 Å². The van der Waals surface area contributed by atoms with Crippen molar-refractivity contribution in [3.8, 4) is 0 Å². The molecule has 0 aliphatic rings. The number of benzene rings is 2. The van der Waals surface area contributed by atoms with Crippen LogP contribution in [-0.2, 0) is 13.0 Å². The Morgan fingerprint density at radius 2 is 1.78 bits per heavy atom. The number of nitrogens with zero attached hydrogens (tertiary/aromatic N) is 2. The predicted molar refractivity (Wildman–Crippen MR) is 92.4 cm³/mol. The molecule has 0 N–H and O–H groups in total. The normalized spacial score (nSPS) is 11.2. The van der Waals surface area contributed by atoms with Gasteiger partial charge in [0.15, 0.2) is 0 Å². The van der Waals surface area contributed by atoms with Crippen molar-refractivity contribution in [3.05, 3.63) is 88.1 Å². The summed E-state index contributed by atoms with van der Waals surface area (Å²) in [5.41, 5.74) is 3.19. The van der Waals surface area contributed by atoms with Crippen LogP contribution in [0.4, 0.5) is 4.39 Å². The van der Waals surface area contributed by atoms with E-state index in [9.17, 15) is 4.39 Å². The molecule has 0 amide bonds. The lowest BCUT2D eigenvalue weighted by molar-refractivity contribution is 0.626. The Hall–Kier alpha value is -2.46. The van der Waals surface area contributed by atoms with Crippen molar-refractivity contribution in [2.24, 2.45) is 0 Å². The van der Waals surface area contributed by atoms with E-state index in [2.05, 4.69) is 28.1 Å². The van der Waals surface area contributed by atoms with Gasteiger partial charge in [-0.1, -0.05) is 30.3 Å². The molecule has 2 aromatic heterocycles. The molecule has 2 nitrogen and oxygen atoms in total. The lowest BCUT2D eigenvalue weighted by atomic mass is 10.2. The van der Waals surface area contributed by atoms with Crippen molar-refractivity contribution in [3.63, 3.8) is 0 Å². The van der Waals surface area contributed by atoms with Gasteiger partial charge in [0.1, 0.15) is 11.6 Å². The second-order valence-electron chi connectivity index (χ2n) is 5.49. The highest BCUT2D eigenvalue weighted by molar-refractivity contribution is 7.09. The first-order valence-electron chi connectivity index (χ1n) is 7.50. The number of fused-ring (bicyclic) bond motifs is 1. The summed E-state index contributed by atoms with van der Waals surface area (Å²) in [5, 5.41) is 2.09. The van der Waals surface area contributed by atoms with Gasteiger partial charge in [-0.05, 0) is 41.3 Å². The van der Waals surface area contributed by atoms with Crippen LogP contribution in [0.1, 0.15) is 16.3 Å². The van der Waals surface area contributed by atoms with Crippen molar-refractivity contribution >= 4 is 22.4 Å². The summed E-state index contributed by atoms with van der Waals surface area (Å²) in [4.78, 5) is 6.09. The number of imidazole rings is 1. The molecule has 4 rings (SSSR count). The number of rotatable bonds is 4. The van der Waals surface area contributed by atoms with Gasteiger partial charge in [0.2, 0.25) is 0 Å². The molecule has 0 spiro atoms. The third-order valence-electron chi connectivity index (χ3n) is 3.90. The number of hydrogen-bond acceptors (Lipinski definition) is 2. The summed E-state index contributed by atoms with van der Waals surface area (Å²) < 4.78 is 15.4. The zero-order valence-electron chi connectivity index (χ0n) is 12.4. The van der Waals surface area contributed by atoms with E-state index in [1.54, 1.807) is 11.3 Å². The largest absolute Gasteiger partial charge is 0.323 e. The Labute approximate surface area is 137 Å². The minimum Gasteiger partial charge on any atom is -0.323 e. The van der Waals surface area contributed by atoms with Crippen LogP contribution in [0.5, 0.6) is 0 Å². The van der Waals surface area contributed by atoms with E-state index in [1.807, 2.05) is 30.3 Å². The molecule has 0 saturated carbocycles. The topological polar surface area (TPSA) is 17.8 Å². The monoisotopic (exact) mass is 322 g/mol. The highest BCUT2D eigenvalue weighted by Crippen LogP contribution is 2.22. The fourth-order valence-electron chi connectivity index (χ4n) is 2.78. The molecule has 2 aromatic carbocycles. The number of halogens is 1. The number of para-hydroxylation sites is 2. The van der Waals surface area contributed by atoms with Crippen molar-refractivity contribution in [2.45, 2.75) is 13.0 Å². The summed E-state index contributed by atoms with van der Waals surface area (Å²) in [6.07, 6.45) is 0.813. The first-order chi connectivity index (χ1) is 11.3. The minimum atomic E-state index is -0.206. The van der Waals surface area contributed by atoms with Gasteiger partial charge in [-0.25, -0.2) is 9.37 Å². The maximum Gasteiger partial charge on any atom is 0.123 e. The molecule has 23 heavy (non-hydrogen) atoms. The van der Waals surface area contributed by atoms with Gasteiger partial charge in [-0.2, -0.15) is 0 Å². The number of hydrogen-bond donors (Lipinski definition) is 0. The van der Waals surface area contributed by atoms with Gasteiger partial charge in [0, 0.05) is 17.8 Å². The molecule has 4 heteroatoms. The molecular formula is C19H15FN2S. The van der Waals surface area contributed by atoms with Crippen LogP contribution < -0.4 is 0 Å². The molecule has 2 heterocycles. The fourth-order valence-corrected chi connectivity index (χ4v) is 3.48. The van der Waals surface area contributed by atoms with Crippen LogP contribution in [0.2, 0.25) is 0 Å². The number of thiophene rings is 1. The molecule has 0 aliphatic heterocycles. The summed E-state index contributed by atoms with van der Waals surface area (Å²) in [6, 6.07) is 19.0. The summed E-state index contributed by atoms with van der Waals surface area (Å²) >= 11 is 1.74. The maximum atomic E-state index is 13.1. The number of aromatic nitrogens is 2. The van der Waals surface area contributed by atoms with Crippen molar-refractivity contribution in [1.29, 1.82) is 0 Å². The van der Waals surface area contributed by atoms with Gasteiger partial charge >= 0.3 is 0 Å². The van der Waals surface area contributed by atoms with Gasteiger partial charge in [-0.3, -0.25) is 0 Å². The molecule has 0 aliphatic carbocycles. The maximum absolute atomic E-state index is 13.1. The lowest BCUT2D eigenvalue weighted by Crippen LogP contribution is -2.05. The quantitative estimate of drug-likeness (QED) is 0.524. The second-order valence-corrected chi connectivity index (χ2v) is 6.52. The van der Waals surface area contributed by atoms with E-state index in [1.165, 1.54) is 17.0 Å². The molecule has 4 aromatic rings. The molecular weight excluding hydrogens is 307 g/mol. The Bertz CT molecular complexity index is 924.